The van der Waals surface area contributed by atoms with Crippen LogP contribution in [0.3, 0.4) is 0 Å². The van der Waals surface area contributed by atoms with Crippen molar-refractivity contribution >= 4 is 12.0 Å². The van der Waals surface area contributed by atoms with E-state index in [1.165, 1.54) is 7.11 Å². The van der Waals surface area contributed by atoms with Crippen LogP contribution in [-0.2, 0) is 38.6 Å². The zero-order valence-corrected chi connectivity index (χ0v) is 29.8. The molecule has 4 aromatic rings. The van der Waals surface area contributed by atoms with Crippen LogP contribution >= 0.6 is 0 Å². The highest BCUT2D eigenvalue weighted by Gasteiger charge is 2.40. The number of ether oxygens (including phenoxy) is 3. The van der Waals surface area contributed by atoms with Crippen molar-refractivity contribution in [3.63, 3.8) is 0 Å². The number of hydrogen-bond acceptors (Lipinski definition) is 8. The van der Waals surface area contributed by atoms with E-state index in [1.54, 1.807) is 0 Å². The van der Waals surface area contributed by atoms with Crippen LogP contribution in [0.1, 0.15) is 60.0 Å². The molecule has 4 aromatic carbocycles. The number of benzene rings is 4. The fourth-order valence-electron chi connectivity index (χ4n) is 7.20. The SMILES string of the molecule is COC(=O)C(Cc1ccccc1)NC(=O)NCc1cccc(-c2cccc(C3OC(CN4CCCC4CO)C(C)C(c4ccc(CO)cc4)O3)c2)c1. The monoisotopic (exact) mass is 707 g/mol. The van der Waals surface area contributed by atoms with Crippen LogP contribution in [0.25, 0.3) is 11.1 Å². The topological polar surface area (TPSA) is 130 Å². The van der Waals surface area contributed by atoms with E-state index in [0.29, 0.717) is 13.0 Å². The Morgan fingerprint density at radius 3 is 2.33 bits per heavy atom. The van der Waals surface area contributed by atoms with Crippen LogP contribution in [0, 0.1) is 5.92 Å². The molecule has 2 saturated heterocycles. The van der Waals surface area contributed by atoms with Crippen LogP contribution in [0.5, 0.6) is 0 Å². The molecule has 0 bridgehead atoms. The number of carbonyl (C=O) groups is 2. The molecule has 2 fully saturated rings. The minimum Gasteiger partial charge on any atom is -0.467 e. The van der Waals surface area contributed by atoms with Gasteiger partial charge in [0, 0.05) is 37.0 Å². The zero-order valence-electron chi connectivity index (χ0n) is 29.8. The molecule has 52 heavy (non-hydrogen) atoms. The Morgan fingerprint density at radius 2 is 1.60 bits per heavy atom. The van der Waals surface area contributed by atoms with Crippen LogP contribution in [0.15, 0.2) is 103 Å². The number of rotatable bonds is 13. The lowest BCUT2D eigenvalue weighted by Crippen LogP contribution is -2.47. The molecule has 4 N–H and O–H groups in total. The molecule has 6 atom stereocenters. The number of likely N-dealkylation sites (tertiary alicyclic amines) is 1. The van der Waals surface area contributed by atoms with Gasteiger partial charge < -0.3 is 35.1 Å². The second kappa shape index (κ2) is 17.8. The number of methoxy groups -OCH3 is 1. The van der Waals surface area contributed by atoms with Crippen molar-refractivity contribution in [1.29, 1.82) is 0 Å². The summed E-state index contributed by atoms with van der Waals surface area (Å²) in [6.45, 7) is 4.17. The first-order valence-corrected chi connectivity index (χ1v) is 18.1. The number of esters is 1. The minimum atomic E-state index is -0.820. The van der Waals surface area contributed by atoms with Crippen LogP contribution in [-0.4, -0.2) is 72.1 Å². The molecule has 2 aliphatic rings. The molecular weight excluding hydrogens is 658 g/mol. The second-order valence-corrected chi connectivity index (χ2v) is 13.7. The van der Waals surface area contributed by atoms with Gasteiger partial charge in [0.25, 0.3) is 0 Å². The lowest BCUT2D eigenvalue weighted by atomic mass is 9.89. The highest BCUT2D eigenvalue weighted by molar-refractivity contribution is 5.83. The summed E-state index contributed by atoms with van der Waals surface area (Å²) in [5, 5.41) is 25.2. The maximum Gasteiger partial charge on any atom is 0.328 e. The number of aliphatic hydroxyl groups is 2. The Morgan fingerprint density at radius 1 is 0.865 bits per heavy atom. The highest BCUT2D eigenvalue weighted by atomic mass is 16.7. The quantitative estimate of drug-likeness (QED) is 0.131. The van der Waals surface area contributed by atoms with Crippen molar-refractivity contribution in [3.8, 4) is 11.1 Å². The summed E-state index contributed by atoms with van der Waals surface area (Å²) in [5.74, 6) is -0.467. The molecule has 6 unspecified atom stereocenters. The van der Waals surface area contributed by atoms with E-state index in [9.17, 15) is 19.8 Å². The molecule has 2 amide bonds. The number of hydrogen-bond donors (Lipinski definition) is 4. The summed E-state index contributed by atoms with van der Waals surface area (Å²) >= 11 is 0. The Balaban J connectivity index is 1.16. The van der Waals surface area contributed by atoms with E-state index in [4.69, 9.17) is 14.2 Å². The van der Waals surface area contributed by atoms with Gasteiger partial charge in [-0.15, -0.1) is 0 Å². The van der Waals surface area contributed by atoms with Gasteiger partial charge >= 0.3 is 12.0 Å². The summed E-state index contributed by atoms with van der Waals surface area (Å²) in [4.78, 5) is 27.6. The summed E-state index contributed by atoms with van der Waals surface area (Å²) < 4.78 is 18.4. The summed E-state index contributed by atoms with van der Waals surface area (Å²) in [6.07, 6.45) is 1.37. The van der Waals surface area contributed by atoms with E-state index in [0.717, 1.165) is 58.3 Å². The van der Waals surface area contributed by atoms with Gasteiger partial charge in [0.05, 0.1) is 32.5 Å². The minimum absolute atomic E-state index is 0.0188. The van der Waals surface area contributed by atoms with E-state index in [1.807, 2.05) is 97.1 Å². The molecule has 6 rings (SSSR count). The Labute approximate surface area is 305 Å². The average Bonchev–Trinajstić information content (AvgIpc) is 3.65. The summed E-state index contributed by atoms with van der Waals surface area (Å²) in [5.41, 5.74) is 6.52. The standard InChI is InChI=1S/C42H49N3O7/c1-28-38(25-45-20-8-15-36(45)27-47)51-41(52-39(28)32-18-16-30(26-46)17-19-32)35-14-7-13-34(23-35)33-12-6-11-31(21-33)24-43-42(49)44-37(40(48)50-2)22-29-9-4-3-5-10-29/h3-7,9-14,16-19,21,23,28,36-39,41,46-47H,8,15,20,22,24-27H2,1-2H3,(H2,43,44,49). The first-order valence-electron chi connectivity index (χ1n) is 18.1. The van der Waals surface area contributed by atoms with Gasteiger partial charge in [-0.3, -0.25) is 4.90 Å². The molecule has 10 heteroatoms. The Kier molecular flexibility index (Phi) is 12.7. The number of amides is 2. The van der Waals surface area contributed by atoms with Crippen molar-refractivity contribution in [2.45, 2.75) is 69.9 Å². The average molecular weight is 708 g/mol. The first-order chi connectivity index (χ1) is 25.3. The summed E-state index contributed by atoms with van der Waals surface area (Å²) in [6, 6.07) is 32.3. The number of urea groups is 1. The predicted molar refractivity (Wildman–Crippen MR) is 198 cm³/mol. The van der Waals surface area contributed by atoms with Gasteiger partial charge in [0.1, 0.15) is 6.04 Å². The lowest BCUT2D eigenvalue weighted by molar-refractivity contribution is -0.276. The fraction of sp³-hybridized carbons (Fsp3) is 0.381. The smallest absolute Gasteiger partial charge is 0.328 e. The third-order valence-corrected chi connectivity index (χ3v) is 10.2. The second-order valence-electron chi connectivity index (χ2n) is 13.7. The molecule has 0 radical (unpaired) electrons. The van der Waals surface area contributed by atoms with Gasteiger partial charge in [0.15, 0.2) is 6.29 Å². The fourth-order valence-corrected chi connectivity index (χ4v) is 7.20. The van der Waals surface area contributed by atoms with Gasteiger partial charge in [-0.25, -0.2) is 9.59 Å². The number of nitrogens with zero attached hydrogens (tertiary/aromatic N) is 1. The van der Waals surface area contributed by atoms with E-state index in [2.05, 4.69) is 28.5 Å². The molecular formula is C42H49N3O7. The summed E-state index contributed by atoms with van der Waals surface area (Å²) in [7, 11) is 1.31. The zero-order chi connectivity index (χ0) is 36.5. The molecule has 274 valence electrons. The van der Waals surface area contributed by atoms with E-state index >= 15 is 0 Å². The van der Waals surface area contributed by atoms with Crippen molar-refractivity contribution in [3.05, 3.63) is 131 Å². The van der Waals surface area contributed by atoms with Gasteiger partial charge in [0.2, 0.25) is 0 Å². The Bertz CT molecular complexity index is 1770. The molecule has 0 saturated carbocycles. The van der Waals surface area contributed by atoms with Gasteiger partial charge in [-0.05, 0) is 64.9 Å². The molecule has 2 aliphatic heterocycles. The maximum absolute atomic E-state index is 12.9. The van der Waals surface area contributed by atoms with Gasteiger partial charge in [-0.2, -0.15) is 0 Å². The number of nitrogens with one attached hydrogen (secondary N) is 2. The molecule has 0 aromatic heterocycles. The van der Waals surface area contributed by atoms with Crippen LogP contribution in [0.2, 0.25) is 0 Å². The number of carbonyl (C=O) groups excluding carboxylic acids is 2. The maximum atomic E-state index is 12.9. The molecule has 10 nitrogen and oxygen atoms in total. The predicted octanol–water partition coefficient (Wildman–Crippen LogP) is 5.68. The third kappa shape index (κ3) is 9.25. The van der Waals surface area contributed by atoms with Crippen LogP contribution in [0.4, 0.5) is 4.79 Å². The normalized spacial score (nSPS) is 22.4. The van der Waals surface area contributed by atoms with Gasteiger partial charge in [-0.1, -0.05) is 97.9 Å². The van der Waals surface area contributed by atoms with Crippen molar-refractivity contribution < 1.29 is 34.0 Å². The Hall–Kier alpha value is -4.58. The highest BCUT2D eigenvalue weighted by Crippen LogP contribution is 2.43. The van der Waals surface area contributed by atoms with Crippen molar-refractivity contribution in [2.75, 3.05) is 26.8 Å². The number of aliphatic hydroxyl groups excluding tert-OH is 2. The van der Waals surface area contributed by atoms with Crippen molar-refractivity contribution in [2.24, 2.45) is 5.92 Å². The first kappa shape index (κ1) is 37.2. The lowest BCUT2D eigenvalue weighted by Gasteiger charge is -2.43. The van der Waals surface area contributed by atoms with E-state index in [-0.39, 0.29) is 43.9 Å². The molecule has 0 spiro atoms. The molecule has 0 aliphatic carbocycles. The largest absolute Gasteiger partial charge is 0.467 e. The third-order valence-electron chi connectivity index (χ3n) is 10.2. The van der Waals surface area contributed by atoms with Crippen molar-refractivity contribution in [1.82, 2.24) is 15.5 Å². The van der Waals surface area contributed by atoms with Crippen LogP contribution < -0.4 is 10.6 Å². The molecule has 2 heterocycles. The van der Waals surface area contributed by atoms with E-state index < -0.39 is 24.3 Å².